The van der Waals surface area contributed by atoms with Crippen LogP contribution in [0.15, 0.2) is 30.3 Å². The monoisotopic (exact) mass is 379 g/mol. The van der Waals surface area contributed by atoms with Crippen LogP contribution in [-0.4, -0.2) is 53.8 Å². The second kappa shape index (κ2) is 9.38. The Kier molecular flexibility index (Phi) is 7.47. The number of hydrogen-bond acceptors (Lipinski definition) is 3. The van der Waals surface area contributed by atoms with Crippen molar-refractivity contribution >= 4 is 24.2 Å². The van der Waals surface area contributed by atoms with Gasteiger partial charge in [0.05, 0.1) is 0 Å². The average molecular weight is 380 g/mol. The summed E-state index contributed by atoms with van der Waals surface area (Å²) in [5.41, 5.74) is 6.83. The Morgan fingerprint density at radius 2 is 1.77 bits per heavy atom. The lowest BCUT2D eigenvalue weighted by Crippen LogP contribution is -2.47. The molecule has 3 rings (SSSR count). The van der Waals surface area contributed by atoms with Crippen molar-refractivity contribution in [2.75, 3.05) is 20.1 Å². The molecule has 1 heterocycles. The maximum absolute atomic E-state index is 12.6. The summed E-state index contributed by atoms with van der Waals surface area (Å²) in [5.74, 6) is 0.634. The van der Waals surface area contributed by atoms with Crippen molar-refractivity contribution in [1.29, 1.82) is 0 Å². The Morgan fingerprint density at radius 3 is 2.35 bits per heavy atom. The molecule has 1 aliphatic carbocycles. The Morgan fingerprint density at radius 1 is 1.12 bits per heavy atom. The molecule has 0 aromatic heterocycles. The van der Waals surface area contributed by atoms with Crippen LogP contribution in [0.2, 0.25) is 0 Å². The number of carbonyl (C=O) groups is 2. The number of amides is 2. The number of nitrogens with two attached hydrogens (primary N) is 1. The van der Waals surface area contributed by atoms with E-state index in [1.807, 2.05) is 47.2 Å². The van der Waals surface area contributed by atoms with Crippen molar-refractivity contribution in [3.05, 3.63) is 35.9 Å². The highest BCUT2D eigenvalue weighted by Crippen LogP contribution is 2.28. The zero-order chi connectivity index (χ0) is 17.8. The molecule has 144 valence electrons. The standard InChI is InChI=1S/C20H29N3O2.ClH/c1-22(19(24)14-16-8-5-9-18(16)21)17-10-12-23(13-11-17)20(25)15-6-3-2-4-7-15;/h2-4,6-7,16-18H,5,8-14,21H2,1H3;1H/t16-,18+;/m0./s1. The molecule has 2 aliphatic rings. The van der Waals surface area contributed by atoms with E-state index in [4.69, 9.17) is 5.73 Å². The molecule has 2 amide bonds. The third kappa shape index (κ3) is 4.77. The number of likely N-dealkylation sites (tertiary alicyclic amines) is 1. The zero-order valence-electron chi connectivity index (χ0n) is 15.5. The van der Waals surface area contributed by atoms with E-state index >= 15 is 0 Å². The highest BCUT2D eigenvalue weighted by Gasteiger charge is 2.31. The van der Waals surface area contributed by atoms with Crippen molar-refractivity contribution < 1.29 is 9.59 Å². The summed E-state index contributed by atoms with van der Waals surface area (Å²) in [6.07, 6.45) is 5.52. The summed E-state index contributed by atoms with van der Waals surface area (Å²) in [6.45, 7) is 1.41. The predicted molar refractivity (Wildman–Crippen MR) is 105 cm³/mol. The van der Waals surface area contributed by atoms with Crippen LogP contribution >= 0.6 is 12.4 Å². The lowest BCUT2D eigenvalue weighted by molar-refractivity contribution is -0.133. The predicted octanol–water partition coefficient (Wildman–Crippen LogP) is 2.69. The van der Waals surface area contributed by atoms with Gasteiger partial charge >= 0.3 is 0 Å². The molecule has 1 aromatic rings. The van der Waals surface area contributed by atoms with Crippen molar-refractivity contribution in [3.63, 3.8) is 0 Å². The third-order valence-corrected chi connectivity index (χ3v) is 5.87. The first-order chi connectivity index (χ1) is 12.1. The number of halogens is 1. The van der Waals surface area contributed by atoms with Crippen LogP contribution in [-0.2, 0) is 4.79 Å². The lowest BCUT2D eigenvalue weighted by Gasteiger charge is -2.37. The van der Waals surface area contributed by atoms with Gasteiger partial charge in [-0.3, -0.25) is 9.59 Å². The average Bonchev–Trinajstić information content (AvgIpc) is 3.06. The highest BCUT2D eigenvalue weighted by molar-refractivity contribution is 5.94. The van der Waals surface area contributed by atoms with Crippen LogP contribution < -0.4 is 5.73 Å². The van der Waals surface area contributed by atoms with Crippen LogP contribution in [0.25, 0.3) is 0 Å². The quantitative estimate of drug-likeness (QED) is 0.874. The minimum Gasteiger partial charge on any atom is -0.343 e. The molecule has 0 radical (unpaired) electrons. The molecule has 2 fully saturated rings. The van der Waals surface area contributed by atoms with Crippen molar-refractivity contribution in [2.45, 2.75) is 50.6 Å². The Hall–Kier alpha value is -1.59. The van der Waals surface area contributed by atoms with Crippen molar-refractivity contribution in [3.8, 4) is 0 Å². The Bertz CT molecular complexity index is 602. The molecular formula is C20H30ClN3O2. The van der Waals surface area contributed by atoms with E-state index in [9.17, 15) is 9.59 Å². The van der Waals surface area contributed by atoms with Crippen molar-refractivity contribution in [1.82, 2.24) is 9.80 Å². The molecule has 6 heteroatoms. The summed E-state index contributed by atoms with van der Waals surface area (Å²) in [6, 6.07) is 9.82. The van der Waals surface area contributed by atoms with Gasteiger partial charge in [-0.25, -0.2) is 0 Å². The molecular weight excluding hydrogens is 350 g/mol. The molecule has 0 spiro atoms. The largest absolute Gasteiger partial charge is 0.343 e. The van der Waals surface area contributed by atoms with Gasteiger partial charge in [-0.05, 0) is 43.7 Å². The first kappa shape index (κ1) is 20.7. The van der Waals surface area contributed by atoms with Crippen LogP contribution in [0.5, 0.6) is 0 Å². The van der Waals surface area contributed by atoms with E-state index in [2.05, 4.69) is 0 Å². The minimum atomic E-state index is 0. The Balaban J connectivity index is 0.00000243. The van der Waals surface area contributed by atoms with E-state index in [1.54, 1.807) is 0 Å². The van der Waals surface area contributed by atoms with Gasteiger partial charge in [0.2, 0.25) is 5.91 Å². The van der Waals surface area contributed by atoms with E-state index in [0.29, 0.717) is 25.4 Å². The molecule has 1 aliphatic heterocycles. The number of piperidine rings is 1. The molecule has 0 unspecified atom stereocenters. The lowest BCUT2D eigenvalue weighted by atomic mass is 9.97. The molecule has 5 nitrogen and oxygen atoms in total. The van der Waals surface area contributed by atoms with Gasteiger partial charge in [0.1, 0.15) is 0 Å². The number of rotatable bonds is 4. The summed E-state index contributed by atoms with van der Waals surface area (Å²) >= 11 is 0. The second-order valence-corrected chi connectivity index (χ2v) is 7.45. The molecule has 1 saturated carbocycles. The van der Waals surface area contributed by atoms with Crippen LogP contribution in [0.4, 0.5) is 0 Å². The maximum atomic E-state index is 12.6. The molecule has 1 saturated heterocycles. The normalized spacial score (nSPS) is 23.4. The SMILES string of the molecule is CN(C(=O)C[C@@H]1CCC[C@H]1N)C1CCN(C(=O)c2ccccc2)CC1.Cl. The number of carbonyl (C=O) groups excluding carboxylic acids is 2. The summed E-state index contributed by atoms with van der Waals surface area (Å²) in [4.78, 5) is 28.9. The fourth-order valence-corrected chi connectivity index (χ4v) is 4.11. The number of nitrogens with zero attached hydrogens (tertiary/aromatic N) is 2. The van der Waals surface area contributed by atoms with Crippen LogP contribution in [0, 0.1) is 5.92 Å². The fourth-order valence-electron chi connectivity index (χ4n) is 4.11. The minimum absolute atomic E-state index is 0. The smallest absolute Gasteiger partial charge is 0.253 e. The summed E-state index contributed by atoms with van der Waals surface area (Å²) in [7, 11) is 1.90. The topological polar surface area (TPSA) is 66.6 Å². The Labute approximate surface area is 162 Å². The summed E-state index contributed by atoms with van der Waals surface area (Å²) < 4.78 is 0. The second-order valence-electron chi connectivity index (χ2n) is 7.45. The maximum Gasteiger partial charge on any atom is 0.253 e. The molecule has 1 aromatic carbocycles. The van der Waals surface area contributed by atoms with Crippen LogP contribution in [0.1, 0.15) is 48.9 Å². The van der Waals surface area contributed by atoms with Crippen molar-refractivity contribution in [2.24, 2.45) is 11.7 Å². The van der Waals surface area contributed by atoms with E-state index < -0.39 is 0 Å². The van der Waals surface area contributed by atoms with Gasteiger partial charge in [0, 0.05) is 44.2 Å². The van der Waals surface area contributed by atoms with Gasteiger partial charge in [-0.15, -0.1) is 12.4 Å². The van der Waals surface area contributed by atoms with Gasteiger partial charge in [-0.2, -0.15) is 0 Å². The van der Waals surface area contributed by atoms with E-state index in [-0.39, 0.29) is 36.3 Å². The third-order valence-electron chi connectivity index (χ3n) is 5.87. The molecule has 2 N–H and O–H groups in total. The first-order valence-electron chi connectivity index (χ1n) is 9.42. The van der Waals surface area contributed by atoms with Gasteiger partial charge in [0.15, 0.2) is 0 Å². The van der Waals surface area contributed by atoms with E-state index in [0.717, 1.165) is 37.7 Å². The zero-order valence-corrected chi connectivity index (χ0v) is 16.3. The van der Waals surface area contributed by atoms with Gasteiger partial charge in [-0.1, -0.05) is 24.6 Å². The van der Waals surface area contributed by atoms with E-state index in [1.165, 1.54) is 0 Å². The number of hydrogen-bond donors (Lipinski definition) is 1. The van der Waals surface area contributed by atoms with Gasteiger partial charge in [0.25, 0.3) is 5.91 Å². The summed E-state index contributed by atoms with van der Waals surface area (Å²) in [5, 5.41) is 0. The highest BCUT2D eigenvalue weighted by atomic mass is 35.5. The number of benzene rings is 1. The molecule has 26 heavy (non-hydrogen) atoms. The van der Waals surface area contributed by atoms with Crippen LogP contribution in [0.3, 0.4) is 0 Å². The fraction of sp³-hybridized carbons (Fsp3) is 0.600. The van der Waals surface area contributed by atoms with Gasteiger partial charge < -0.3 is 15.5 Å². The molecule has 2 atom stereocenters. The first-order valence-corrected chi connectivity index (χ1v) is 9.42. The molecule has 0 bridgehead atoms.